The fourth-order valence-electron chi connectivity index (χ4n) is 3.89. The molecule has 40 heteroatoms. The van der Waals surface area contributed by atoms with Crippen molar-refractivity contribution in [1.82, 2.24) is 74.8 Å². The van der Waals surface area contributed by atoms with Gasteiger partial charge < -0.3 is 49.2 Å². The quantitative estimate of drug-likeness (QED) is 0.0285. The molecule has 92 heavy (non-hydrogen) atoms. The maximum Gasteiger partial charge on any atom is 0.356 e. The maximum atomic E-state index is 11.4. The standard InChI is InChI=1S/C8H11N3O3.C7H8N2O2.C6H5BrN2O2.C6H6N2O3.C6H6N2O2.C5H3ClN2O2.C5H4N2O3.C3H8O.C2H6.4CH4.Cl2OS.ClH/c1-11(14-3)8(12)6-4-10-7(13-2)5-9-6;1-5(10)6-3-9-7(11-2)4-8-6;7-1-5(10)4-2-9-6(11)3-8-4;1-11-5-3-7-4(2-8-5)6(9)10;1-4(9)5-2-8-6(10)3-7-5;6-4-2-7-3(1-8-4)5(9)10;8-4-2-6-3(1-7-4)5(9)10;1-3-4-2;1-2;;;;;1-4(2)3;/h4-5H,1-3H3;3-4H,1-2H3;2-3H,1H2,(H,9,11);2-3H,1H3,(H,9,10);2-3H,1H3,(H,8,10);1-2H,(H,9,10);1-2H,(H,7,8)(H,9,10);3H2,1-2H3;1-2H3;4*1H4;;1H. The first-order valence-corrected chi connectivity index (χ1v) is 27.5. The summed E-state index contributed by atoms with van der Waals surface area (Å²) in [5, 5.41) is 26.5. The molecule has 0 fully saturated rings. The number of nitrogens with one attached hydrogen (secondary N) is 3. The van der Waals surface area contributed by atoms with Crippen LogP contribution in [0.1, 0.15) is 138 Å². The first-order chi connectivity index (χ1) is 41.1. The second-order valence-corrected chi connectivity index (χ2v) is 17.2. The van der Waals surface area contributed by atoms with Gasteiger partial charge in [0.25, 0.3) is 22.6 Å². The molecule has 0 atom stereocenters. The van der Waals surface area contributed by atoms with Crippen molar-refractivity contribution in [3.8, 4) is 17.6 Å². The molecule has 0 unspecified atom stereocenters. The normalized spacial score (nSPS) is 8.61. The Labute approximate surface area is 559 Å². The van der Waals surface area contributed by atoms with Gasteiger partial charge >= 0.3 is 17.9 Å². The Hall–Kier alpha value is -9.04. The van der Waals surface area contributed by atoms with Gasteiger partial charge in [0.15, 0.2) is 34.4 Å². The Balaban J connectivity index is -0.000000144. The number of carbonyl (C=O) groups excluding carboxylic acids is 4. The molecule has 0 bridgehead atoms. The number of halogens is 5. The lowest BCUT2D eigenvalue weighted by Crippen LogP contribution is -2.26. The SMILES string of the molecule is C.C.C.C.CC.CC(=O)c1c[nH]c(=O)cn1.CCOC.COc1cnc(C(=O)N(C)OC)cn1.COc1cnc(C(=O)O)cn1.COc1cnc(C(C)=O)cn1.Cl.O=C(CBr)c1c[nH]c(=O)cn1.O=C(O)c1c[nH]c(=O)cn1.O=C(O)c1cnc(Cl)cn1.O=S(Cl)Cl. The van der Waals surface area contributed by atoms with Crippen molar-refractivity contribution in [1.29, 1.82) is 0 Å². The number of aromatic carboxylic acids is 3. The molecule has 34 nitrogen and oxygen atoms in total. The highest BCUT2D eigenvalue weighted by atomic mass is 79.9. The van der Waals surface area contributed by atoms with Gasteiger partial charge in [-0.05, 0) is 6.92 Å². The predicted octanol–water partition coefficient (Wildman–Crippen LogP) is 7.29. The number of carbonyl (C=O) groups is 7. The average Bonchev–Trinajstić information content (AvgIpc) is 2.44. The fourth-order valence-corrected chi connectivity index (χ4v) is 4.28. The highest BCUT2D eigenvalue weighted by Crippen LogP contribution is 2.06. The number of carboxylic acids is 3. The van der Waals surface area contributed by atoms with Crippen molar-refractivity contribution in [2.45, 2.75) is 64.3 Å². The number of alkyl halides is 1. The molecule has 0 saturated carbocycles. The van der Waals surface area contributed by atoms with E-state index in [1.165, 1.54) is 98.9 Å². The minimum absolute atomic E-state index is 0. The molecule has 0 spiro atoms. The smallest absolute Gasteiger partial charge is 0.356 e. The van der Waals surface area contributed by atoms with Gasteiger partial charge in [0.1, 0.15) is 27.9 Å². The van der Waals surface area contributed by atoms with Crippen LogP contribution in [0.5, 0.6) is 17.6 Å². The van der Waals surface area contributed by atoms with Crippen molar-refractivity contribution in [3.05, 3.63) is 163 Å². The molecule has 7 heterocycles. The summed E-state index contributed by atoms with van der Waals surface area (Å²) in [4.78, 5) is 157. The lowest BCUT2D eigenvalue weighted by molar-refractivity contribution is -0.0760. The molecule has 7 aromatic rings. The topological polar surface area (TPSA) is 487 Å². The summed E-state index contributed by atoms with van der Waals surface area (Å²) in [5.41, 5.74) is -0.289. The first-order valence-electron chi connectivity index (χ1n) is 23.2. The van der Waals surface area contributed by atoms with Crippen LogP contribution in [0.15, 0.2) is 101 Å². The minimum atomic E-state index is -1.67. The molecule has 0 radical (unpaired) electrons. The third kappa shape index (κ3) is 47.9. The Bertz CT molecular complexity index is 3200. The summed E-state index contributed by atoms with van der Waals surface area (Å²) >= 11 is 8.34. The number of amides is 1. The van der Waals surface area contributed by atoms with Crippen molar-refractivity contribution < 1.29 is 76.9 Å². The van der Waals surface area contributed by atoms with Crippen LogP contribution in [-0.4, -0.2) is 190 Å². The van der Waals surface area contributed by atoms with E-state index in [9.17, 15) is 47.9 Å². The van der Waals surface area contributed by atoms with E-state index in [-0.39, 0.29) is 121 Å². The van der Waals surface area contributed by atoms with Crippen molar-refractivity contribution in [2.75, 3.05) is 54.5 Å². The number of methoxy groups -OCH3 is 4. The third-order valence-electron chi connectivity index (χ3n) is 8.00. The number of hydrogen-bond acceptors (Lipinski definition) is 27. The van der Waals surface area contributed by atoms with Gasteiger partial charge in [0.2, 0.25) is 26.9 Å². The molecule has 6 N–H and O–H groups in total. The zero-order valence-electron chi connectivity index (χ0n) is 48.1. The number of H-pyrrole nitrogens is 3. The van der Waals surface area contributed by atoms with Crippen molar-refractivity contribution in [2.24, 2.45) is 0 Å². The number of rotatable bonds is 13. The average molecular weight is 1470 g/mol. The summed E-state index contributed by atoms with van der Waals surface area (Å²) in [6.07, 6.45) is 16.9. The van der Waals surface area contributed by atoms with Gasteiger partial charge in [0, 0.05) is 74.6 Å². The number of ketones is 3. The van der Waals surface area contributed by atoms with Crippen LogP contribution >= 0.6 is 61.3 Å². The second kappa shape index (κ2) is 59.6. The molecule has 1 amide bonds. The van der Waals surface area contributed by atoms with Gasteiger partial charge in [-0.15, -0.1) is 12.4 Å². The highest BCUT2D eigenvalue weighted by Gasteiger charge is 2.13. The molecule has 512 valence electrons. The number of carboxylic acid groups (broad SMARTS) is 3. The zero-order valence-corrected chi connectivity index (χ0v) is 53.6. The van der Waals surface area contributed by atoms with E-state index in [0.717, 1.165) is 48.9 Å². The van der Waals surface area contributed by atoms with Crippen LogP contribution in [0.25, 0.3) is 0 Å². The van der Waals surface area contributed by atoms with Crippen LogP contribution < -0.4 is 30.9 Å². The molecular weight excluding hydrogens is 1390 g/mol. The molecule has 7 rings (SSSR count). The summed E-state index contributed by atoms with van der Waals surface area (Å²) in [7, 11) is 16.3. The molecule has 7 aromatic heterocycles. The number of ether oxygens (including phenoxy) is 4. The van der Waals surface area contributed by atoms with Gasteiger partial charge in [-0.3, -0.25) is 38.4 Å². The Morgan fingerprint density at radius 3 is 1.04 bits per heavy atom. The van der Waals surface area contributed by atoms with Crippen molar-refractivity contribution in [3.63, 3.8) is 0 Å². The van der Waals surface area contributed by atoms with E-state index < -0.39 is 32.7 Å². The summed E-state index contributed by atoms with van der Waals surface area (Å²) in [6, 6.07) is 0. The van der Waals surface area contributed by atoms with E-state index in [1.807, 2.05) is 20.8 Å². The number of aromatic nitrogens is 14. The van der Waals surface area contributed by atoms with Gasteiger partial charge in [-0.2, -0.15) is 0 Å². The minimum Gasteiger partial charge on any atom is -0.480 e. The first kappa shape index (κ1) is 99.2. The van der Waals surface area contributed by atoms with E-state index in [2.05, 4.69) is 117 Å². The Kier molecular flexibility index (Phi) is 64.2. The lowest BCUT2D eigenvalue weighted by atomic mass is 10.3. The zero-order chi connectivity index (χ0) is 67.0. The molecule has 0 aliphatic carbocycles. The molecule has 0 aliphatic heterocycles. The number of Topliss-reactive ketones (excluding diaryl/α,β-unsaturated/α-hetero) is 3. The van der Waals surface area contributed by atoms with E-state index in [1.54, 1.807) is 7.11 Å². The fraction of sp³-hybridized carbons (Fsp3) is 0.327. The maximum absolute atomic E-state index is 11.4. The monoisotopic (exact) mass is 1460 g/mol. The van der Waals surface area contributed by atoms with Crippen LogP contribution in [0.2, 0.25) is 5.15 Å². The number of hydrogen-bond donors (Lipinski definition) is 6. The molecule has 0 aliphatic rings. The lowest BCUT2D eigenvalue weighted by Gasteiger charge is -2.12. The van der Waals surface area contributed by atoms with Crippen LogP contribution in [-0.2, 0) is 18.8 Å². The summed E-state index contributed by atoms with van der Waals surface area (Å²) < 4.78 is 27.9. The molecule has 0 aromatic carbocycles. The van der Waals surface area contributed by atoms with Crippen LogP contribution in [0.4, 0.5) is 0 Å². The number of hydroxylamine groups is 2. The Morgan fingerprint density at radius 1 is 0.511 bits per heavy atom. The van der Waals surface area contributed by atoms with Crippen LogP contribution in [0.3, 0.4) is 0 Å². The third-order valence-corrected chi connectivity index (χ3v) is 8.71. The van der Waals surface area contributed by atoms with Gasteiger partial charge in [-0.25, -0.2) is 78.5 Å². The Morgan fingerprint density at radius 2 is 0.804 bits per heavy atom. The molecule has 0 saturated heterocycles. The van der Waals surface area contributed by atoms with Gasteiger partial charge in [-0.1, -0.05) is 71.1 Å². The predicted molar refractivity (Wildman–Crippen MR) is 348 cm³/mol. The van der Waals surface area contributed by atoms with Crippen molar-refractivity contribution >= 4 is 112 Å². The largest absolute Gasteiger partial charge is 0.480 e. The highest BCUT2D eigenvalue weighted by molar-refractivity contribution is 9.09. The summed E-state index contributed by atoms with van der Waals surface area (Å²) in [6.45, 7) is 9.61. The summed E-state index contributed by atoms with van der Waals surface area (Å²) in [5.74, 6) is -3.05. The van der Waals surface area contributed by atoms with Crippen LogP contribution in [0, 0.1) is 0 Å². The van der Waals surface area contributed by atoms with Gasteiger partial charge in [0.05, 0.1) is 102 Å². The molecular formula is C52H74BrCl4N15O19S. The number of aromatic amines is 3. The van der Waals surface area contributed by atoms with E-state index in [0.29, 0.717) is 23.3 Å². The van der Waals surface area contributed by atoms with E-state index in [4.69, 9.17) is 45.4 Å². The number of nitrogens with zero attached hydrogens (tertiary/aromatic N) is 12. The van der Waals surface area contributed by atoms with E-state index >= 15 is 0 Å². The second-order valence-electron chi connectivity index (χ2n) is 13.8.